The van der Waals surface area contributed by atoms with Gasteiger partial charge in [0, 0.05) is 50.1 Å². The Balaban J connectivity index is 1.62. The Morgan fingerprint density at radius 2 is 2.08 bits per heavy atom. The van der Waals surface area contributed by atoms with Crippen molar-refractivity contribution in [1.82, 2.24) is 19.9 Å². The molecule has 210 valence electrons. The summed E-state index contributed by atoms with van der Waals surface area (Å²) in [4.78, 5) is 34.8. The SMILES string of the molecule is CNC(=O)COc1cc2cc(Nc3nc(N4CC(C)C(F)(F)C(C(C)CN)C4)ncc3Cl)ccc2n(C)c1=O. The highest BCUT2D eigenvalue weighted by Crippen LogP contribution is 2.42. The van der Waals surface area contributed by atoms with Gasteiger partial charge in [-0.15, -0.1) is 0 Å². The number of aromatic nitrogens is 3. The van der Waals surface area contributed by atoms with Crippen LogP contribution in [0.15, 0.2) is 35.3 Å². The first-order chi connectivity index (χ1) is 18.5. The summed E-state index contributed by atoms with van der Waals surface area (Å²) in [6.07, 6.45) is 1.43. The van der Waals surface area contributed by atoms with Gasteiger partial charge in [0.1, 0.15) is 5.02 Å². The van der Waals surface area contributed by atoms with Crippen molar-refractivity contribution in [2.24, 2.45) is 30.5 Å². The average molecular weight is 564 g/mol. The molecule has 4 N–H and O–H groups in total. The zero-order chi connectivity index (χ0) is 28.5. The van der Waals surface area contributed by atoms with Gasteiger partial charge in [-0.3, -0.25) is 9.59 Å². The number of carbonyl (C=O) groups excluding carboxylic acids is 1. The minimum absolute atomic E-state index is 0.0328. The minimum Gasteiger partial charge on any atom is -0.478 e. The lowest BCUT2D eigenvalue weighted by Gasteiger charge is -2.44. The molecule has 3 unspecified atom stereocenters. The van der Waals surface area contributed by atoms with Gasteiger partial charge in [0.25, 0.3) is 17.4 Å². The maximum absolute atomic E-state index is 14.9. The lowest BCUT2D eigenvalue weighted by molar-refractivity contribution is -0.126. The van der Waals surface area contributed by atoms with Crippen LogP contribution in [0.3, 0.4) is 0 Å². The molecule has 1 aliphatic rings. The van der Waals surface area contributed by atoms with E-state index in [9.17, 15) is 18.4 Å². The number of anilines is 3. The van der Waals surface area contributed by atoms with Gasteiger partial charge in [-0.2, -0.15) is 4.98 Å². The Morgan fingerprint density at radius 3 is 2.77 bits per heavy atom. The molecular weight excluding hydrogens is 532 g/mol. The zero-order valence-corrected chi connectivity index (χ0v) is 22.9. The van der Waals surface area contributed by atoms with Crippen molar-refractivity contribution in [3.05, 3.63) is 45.8 Å². The summed E-state index contributed by atoms with van der Waals surface area (Å²) < 4.78 is 36.7. The Bertz CT molecular complexity index is 1430. The molecule has 39 heavy (non-hydrogen) atoms. The summed E-state index contributed by atoms with van der Waals surface area (Å²) in [6, 6.07) is 6.85. The van der Waals surface area contributed by atoms with E-state index in [1.807, 2.05) is 0 Å². The number of nitrogens with zero attached hydrogens (tertiary/aromatic N) is 4. The Hall–Kier alpha value is -3.51. The summed E-state index contributed by atoms with van der Waals surface area (Å²) >= 11 is 6.39. The third-order valence-electron chi connectivity index (χ3n) is 7.23. The van der Waals surface area contributed by atoms with E-state index in [2.05, 4.69) is 20.6 Å². The predicted molar refractivity (Wildman–Crippen MR) is 147 cm³/mol. The van der Waals surface area contributed by atoms with Crippen LogP contribution in [0, 0.1) is 17.8 Å². The third-order valence-corrected chi connectivity index (χ3v) is 7.50. The Kier molecular flexibility index (Phi) is 8.26. The largest absolute Gasteiger partial charge is 0.478 e. The van der Waals surface area contributed by atoms with E-state index in [4.69, 9.17) is 22.1 Å². The number of ether oxygens (including phenoxy) is 1. The molecule has 1 fully saturated rings. The second-order valence-corrected chi connectivity index (χ2v) is 10.3. The van der Waals surface area contributed by atoms with Crippen LogP contribution < -0.4 is 31.6 Å². The number of carbonyl (C=O) groups is 1. The van der Waals surface area contributed by atoms with E-state index in [-0.39, 0.29) is 60.3 Å². The highest BCUT2D eigenvalue weighted by molar-refractivity contribution is 6.32. The number of aryl methyl sites for hydroxylation is 1. The number of benzene rings is 1. The van der Waals surface area contributed by atoms with Gasteiger partial charge in [-0.25, -0.2) is 13.8 Å². The fourth-order valence-electron chi connectivity index (χ4n) is 4.72. The number of rotatable bonds is 8. The monoisotopic (exact) mass is 563 g/mol. The molecule has 1 aromatic carbocycles. The molecular formula is C26H32ClF2N7O3. The Labute approximate surface area is 229 Å². The van der Waals surface area contributed by atoms with E-state index >= 15 is 0 Å². The second kappa shape index (κ2) is 11.3. The van der Waals surface area contributed by atoms with Crippen molar-refractivity contribution in [3.8, 4) is 5.75 Å². The lowest BCUT2D eigenvalue weighted by Crippen LogP contribution is -2.56. The molecule has 4 rings (SSSR count). The van der Waals surface area contributed by atoms with Crippen LogP contribution in [-0.4, -0.2) is 59.7 Å². The van der Waals surface area contributed by atoms with E-state index < -0.39 is 17.8 Å². The second-order valence-electron chi connectivity index (χ2n) is 9.90. The number of nitrogens with one attached hydrogen (secondary N) is 2. The van der Waals surface area contributed by atoms with Crippen LogP contribution in [0.2, 0.25) is 5.02 Å². The van der Waals surface area contributed by atoms with Crippen LogP contribution in [0.5, 0.6) is 5.75 Å². The third kappa shape index (κ3) is 5.76. The summed E-state index contributed by atoms with van der Waals surface area (Å²) in [7, 11) is 3.09. The number of nitrogens with two attached hydrogens (primary N) is 1. The maximum atomic E-state index is 14.9. The topological polar surface area (TPSA) is 127 Å². The molecule has 0 aliphatic carbocycles. The first-order valence-corrected chi connectivity index (χ1v) is 12.9. The molecule has 3 aromatic rings. The number of piperidine rings is 1. The van der Waals surface area contributed by atoms with E-state index in [1.54, 1.807) is 43.1 Å². The fourth-order valence-corrected chi connectivity index (χ4v) is 4.86. The predicted octanol–water partition coefficient (Wildman–Crippen LogP) is 3.15. The standard InChI is InChI=1S/C26H32ClF2N7O3/c1-14(9-30)18-12-36(11-15(2)26(18,28)29)25-32-10-19(27)23(34-25)33-17-5-6-20-16(7-17)8-21(24(38)35(20)4)39-13-22(37)31-3/h5-8,10,14-15,18H,9,11-13,30H2,1-4H3,(H,31,37)(H,32,33,34). The van der Waals surface area contributed by atoms with Crippen molar-refractivity contribution < 1.29 is 18.3 Å². The lowest BCUT2D eigenvalue weighted by atomic mass is 9.78. The van der Waals surface area contributed by atoms with Crippen LogP contribution >= 0.6 is 11.6 Å². The molecule has 0 radical (unpaired) electrons. The van der Waals surface area contributed by atoms with E-state index in [1.165, 1.54) is 24.7 Å². The highest BCUT2D eigenvalue weighted by Gasteiger charge is 2.51. The summed E-state index contributed by atoms with van der Waals surface area (Å²) in [5.41, 5.74) is 6.61. The van der Waals surface area contributed by atoms with Gasteiger partial charge < -0.3 is 30.6 Å². The first-order valence-electron chi connectivity index (χ1n) is 12.6. The number of fused-ring (bicyclic) bond motifs is 1. The molecule has 10 nitrogen and oxygen atoms in total. The van der Waals surface area contributed by atoms with Gasteiger partial charge in [0.2, 0.25) is 5.95 Å². The van der Waals surface area contributed by atoms with E-state index in [0.29, 0.717) is 22.4 Å². The minimum atomic E-state index is -2.85. The molecule has 0 bridgehead atoms. The maximum Gasteiger partial charge on any atom is 0.293 e. The van der Waals surface area contributed by atoms with Crippen molar-refractivity contribution >= 4 is 45.9 Å². The number of hydrogen-bond acceptors (Lipinski definition) is 8. The van der Waals surface area contributed by atoms with Gasteiger partial charge in [0.15, 0.2) is 18.2 Å². The van der Waals surface area contributed by atoms with Gasteiger partial charge in [0.05, 0.1) is 11.7 Å². The average Bonchev–Trinajstić information content (AvgIpc) is 2.91. The molecule has 1 amide bonds. The highest BCUT2D eigenvalue weighted by atomic mass is 35.5. The normalized spacial score (nSPS) is 19.5. The number of halogens is 3. The number of pyridine rings is 1. The summed E-state index contributed by atoms with van der Waals surface area (Å²) in [5, 5.41) is 6.52. The zero-order valence-electron chi connectivity index (χ0n) is 22.2. The molecule has 13 heteroatoms. The summed E-state index contributed by atoms with van der Waals surface area (Å²) in [6.45, 7) is 3.27. The van der Waals surface area contributed by atoms with Crippen LogP contribution in [0.1, 0.15) is 13.8 Å². The molecule has 3 atom stereocenters. The quantitative estimate of drug-likeness (QED) is 0.381. The molecule has 3 heterocycles. The van der Waals surface area contributed by atoms with Crippen molar-refractivity contribution in [1.29, 1.82) is 0 Å². The first kappa shape index (κ1) is 28.5. The fraction of sp³-hybridized carbons (Fsp3) is 0.462. The smallest absolute Gasteiger partial charge is 0.293 e. The van der Waals surface area contributed by atoms with Gasteiger partial charge in [-0.05, 0) is 36.7 Å². The molecule has 0 saturated carbocycles. The number of amides is 1. The van der Waals surface area contributed by atoms with Gasteiger partial charge in [-0.1, -0.05) is 25.4 Å². The van der Waals surface area contributed by atoms with Crippen molar-refractivity contribution in [2.75, 3.05) is 43.5 Å². The molecule has 1 aliphatic heterocycles. The molecule has 2 aromatic heterocycles. The number of likely N-dealkylation sites (N-methyl/N-ethyl adjacent to an activating group) is 1. The van der Waals surface area contributed by atoms with Crippen molar-refractivity contribution in [3.63, 3.8) is 0 Å². The molecule has 1 saturated heterocycles. The van der Waals surface area contributed by atoms with Crippen LogP contribution in [-0.2, 0) is 11.8 Å². The molecule has 0 spiro atoms. The van der Waals surface area contributed by atoms with Crippen LogP contribution in [0.25, 0.3) is 10.9 Å². The van der Waals surface area contributed by atoms with Crippen molar-refractivity contribution in [2.45, 2.75) is 19.8 Å². The Morgan fingerprint density at radius 1 is 1.33 bits per heavy atom. The van der Waals surface area contributed by atoms with Gasteiger partial charge >= 0.3 is 0 Å². The number of alkyl halides is 2. The van der Waals surface area contributed by atoms with Crippen LogP contribution in [0.4, 0.5) is 26.2 Å². The van der Waals surface area contributed by atoms with E-state index in [0.717, 1.165) is 0 Å². The summed E-state index contributed by atoms with van der Waals surface area (Å²) in [5.74, 6) is -4.82. The number of hydrogen-bond donors (Lipinski definition) is 3.